The zero-order chi connectivity index (χ0) is 7.98. The monoisotopic (exact) mass is 161 g/mol. The molecule has 0 spiro atoms. The van der Waals surface area contributed by atoms with Crippen molar-refractivity contribution in [3.8, 4) is 0 Å². The van der Waals surface area contributed by atoms with Gasteiger partial charge < -0.3 is 4.55 Å². The summed E-state index contributed by atoms with van der Waals surface area (Å²) in [5.41, 5.74) is 0. The van der Waals surface area contributed by atoms with Crippen molar-refractivity contribution in [2.24, 2.45) is 5.92 Å². The van der Waals surface area contributed by atoms with Crippen molar-refractivity contribution in [1.29, 1.82) is 0 Å². The first-order chi connectivity index (χ1) is 4.66. The highest BCUT2D eigenvalue weighted by atomic mass is 32.2. The normalized spacial score (nSPS) is 14.1. The molecule has 0 rings (SSSR count). The third kappa shape index (κ3) is 6.43. The van der Waals surface area contributed by atoms with E-state index in [1.807, 2.05) is 0 Å². The summed E-state index contributed by atoms with van der Waals surface area (Å²) >= 11 is -0.655. The van der Waals surface area contributed by atoms with Crippen molar-refractivity contribution in [3.05, 3.63) is 6.92 Å². The van der Waals surface area contributed by atoms with Gasteiger partial charge in [0.25, 0.3) is 0 Å². The summed E-state index contributed by atoms with van der Waals surface area (Å²) in [4.78, 5) is 0. The Labute approximate surface area is 67.4 Å². The molecule has 1 radical (unpaired) electrons. The van der Waals surface area contributed by atoms with Crippen LogP contribution in [0.25, 0.3) is 0 Å². The molecular formula is C8H17OS. The third-order valence-electron chi connectivity index (χ3n) is 1.38. The molecule has 0 amide bonds. The van der Waals surface area contributed by atoms with Gasteiger partial charge in [-0.1, -0.05) is 25.0 Å². The van der Waals surface area contributed by atoms with Crippen LogP contribution in [0, 0.1) is 12.8 Å². The Morgan fingerprint density at radius 2 is 2.10 bits per heavy atom. The minimum Gasteiger partial charge on any atom is -0.616 e. The summed E-state index contributed by atoms with van der Waals surface area (Å²) in [7, 11) is 0. The summed E-state index contributed by atoms with van der Waals surface area (Å²) in [6.45, 7) is 7.96. The van der Waals surface area contributed by atoms with Crippen molar-refractivity contribution < 1.29 is 4.55 Å². The second-order valence-electron chi connectivity index (χ2n) is 2.88. The third-order valence-corrected chi connectivity index (χ3v) is 2.58. The van der Waals surface area contributed by atoms with Crippen LogP contribution in [-0.4, -0.2) is 16.1 Å². The molecule has 0 heterocycles. The SMILES string of the molecule is [CH2]C[S+]([O-])CCCC(C)C. The van der Waals surface area contributed by atoms with Crippen molar-refractivity contribution in [1.82, 2.24) is 0 Å². The summed E-state index contributed by atoms with van der Waals surface area (Å²) < 4.78 is 10.8. The molecule has 10 heavy (non-hydrogen) atoms. The molecular weight excluding hydrogens is 144 g/mol. The molecule has 1 nitrogen and oxygen atoms in total. The highest BCUT2D eigenvalue weighted by Gasteiger charge is 2.02. The number of rotatable bonds is 5. The lowest BCUT2D eigenvalue weighted by Gasteiger charge is -2.08. The fourth-order valence-electron chi connectivity index (χ4n) is 0.755. The molecule has 0 aliphatic carbocycles. The van der Waals surface area contributed by atoms with E-state index in [9.17, 15) is 4.55 Å². The quantitative estimate of drug-likeness (QED) is 0.566. The van der Waals surface area contributed by atoms with E-state index in [2.05, 4.69) is 20.8 Å². The molecule has 0 bridgehead atoms. The highest BCUT2D eigenvalue weighted by Crippen LogP contribution is 2.05. The first kappa shape index (κ1) is 10.3. The minimum atomic E-state index is -0.655. The lowest BCUT2D eigenvalue weighted by Crippen LogP contribution is -2.09. The van der Waals surface area contributed by atoms with Crippen LogP contribution in [0.1, 0.15) is 26.7 Å². The van der Waals surface area contributed by atoms with E-state index in [-0.39, 0.29) is 0 Å². The standard InChI is InChI=1S/C8H17OS/c1-4-10(9)7-5-6-8(2)3/h8H,1,4-7H2,2-3H3. The van der Waals surface area contributed by atoms with E-state index in [4.69, 9.17) is 0 Å². The number of hydrogen-bond acceptors (Lipinski definition) is 1. The maximum Gasteiger partial charge on any atom is 0.105 e. The average molecular weight is 161 g/mol. The molecule has 0 N–H and O–H groups in total. The first-order valence-corrected chi connectivity index (χ1v) is 5.29. The largest absolute Gasteiger partial charge is 0.616 e. The lowest BCUT2D eigenvalue weighted by atomic mass is 10.1. The summed E-state index contributed by atoms with van der Waals surface area (Å²) in [6.07, 6.45) is 2.27. The molecule has 61 valence electrons. The van der Waals surface area contributed by atoms with Gasteiger partial charge in [-0.2, -0.15) is 0 Å². The predicted octanol–water partition coefficient (Wildman–Crippen LogP) is 2.01. The highest BCUT2D eigenvalue weighted by molar-refractivity contribution is 7.91. The predicted molar refractivity (Wildman–Crippen MR) is 47.3 cm³/mol. The molecule has 0 aliphatic heterocycles. The van der Waals surface area contributed by atoms with Gasteiger partial charge in [-0.05, 0) is 25.7 Å². The van der Waals surface area contributed by atoms with E-state index in [1.54, 1.807) is 0 Å². The van der Waals surface area contributed by atoms with Gasteiger partial charge in [0, 0.05) is 0 Å². The Balaban J connectivity index is 3.03. The van der Waals surface area contributed by atoms with Gasteiger partial charge in [0.2, 0.25) is 0 Å². The van der Waals surface area contributed by atoms with E-state index >= 15 is 0 Å². The van der Waals surface area contributed by atoms with Crippen LogP contribution in [-0.2, 0) is 11.2 Å². The molecule has 0 aromatic heterocycles. The Bertz CT molecular complexity index is 73.7. The van der Waals surface area contributed by atoms with Crippen molar-refractivity contribution >= 4 is 11.2 Å². The van der Waals surface area contributed by atoms with Gasteiger partial charge in [0.05, 0.1) is 0 Å². The Kier molecular flexibility index (Phi) is 6.24. The van der Waals surface area contributed by atoms with E-state index in [0.717, 1.165) is 18.1 Å². The molecule has 1 atom stereocenters. The van der Waals surface area contributed by atoms with Gasteiger partial charge in [-0.15, -0.1) is 0 Å². The molecule has 0 aromatic carbocycles. The van der Waals surface area contributed by atoms with E-state index in [0.29, 0.717) is 5.75 Å². The maximum atomic E-state index is 10.8. The minimum absolute atomic E-state index is 0.568. The molecule has 2 heteroatoms. The molecule has 0 saturated heterocycles. The molecule has 0 saturated carbocycles. The van der Waals surface area contributed by atoms with Gasteiger partial charge in [0.15, 0.2) is 0 Å². The second kappa shape index (κ2) is 6.05. The Hall–Kier alpha value is 0.310. The average Bonchev–Trinajstić information content (AvgIpc) is 1.87. The molecule has 0 aliphatic rings. The van der Waals surface area contributed by atoms with Crippen LogP contribution in [0.4, 0.5) is 0 Å². The van der Waals surface area contributed by atoms with Gasteiger partial charge in [0.1, 0.15) is 11.5 Å². The summed E-state index contributed by atoms with van der Waals surface area (Å²) in [5, 5.41) is 0. The van der Waals surface area contributed by atoms with E-state index < -0.39 is 11.2 Å². The van der Waals surface area contributed by atoms with Crippen molar-refractivity contribution in [3.63, 3.8) is 0 Å². The fourth-order valence-corrected chi connectivity index (χ4v) is 1.45. The fraction of sp³-hybridized carbons (Fsp3) is 0.875. The molecule has 1 unspecified atom stereocenters. The second-order valence-corrected chi connectivity index (χ2v) is 4.58. The lowest BCUT2D eigenvalue weighted by molar-refractivity contribution is 0.560. The van der Waals surface area contributed by atoms with Crippen LogP contribution in [0.15, 0.2) is 0 Å². The van der Waals surface area contributed by atoms with Crippen LogP contribution in [0.2, 0.25) is 0 Å². The zero-order valence-corrected chi connectivity index (χ0v) is 7.75. The van der Waals surface area contributed by atoms with Crippen LogP contribution < -0.4 is 0 Å². The van der Waals surface area contributed by atoms with Crippen LogP contribution in [0.5, 0.6) is 0 Å². The molecule has 0 aromatic rings. The number of hydrogen-bond donors (Lipinski definition) is 0. The topological polar surface area (TPSA) is 23.1 Å². The Morgan fingerprint density at radius 1 is 1.50 bits per heavy atom. The summed E-state index contributed by atoms with van der Waals surface area (Å²) in [6, 6.07) is 0. The van der Waals surface area contributed by atoms with Crippen LogP contribution >= 0.6 is 0 Å². The van der Waals surface area contributed by atoms with Gasteiger partial charge >= 0.3 is 0 Å². The zero-order valence-electron chi connectivity index (χ0n) is 6.93. The van der Waals surface area contributed by atoms with Crippen LogP contribution in [0.3, 0.4) is 0 Å². The van der Waals surface area contributed by atoms with Gasteiger partial charge in [-0.3, -0.25) is 0 Å². The smallest absolute Gasteiger partial charge is 0.105 e. The van der Waals surface area contributed by atoms with Crippen molar-refractivity contribution in [2.75, 3.05) is 11.5 Å². The van der Waals surface area contributed by atoms with Crippen molar-refractivity contribution in [2.45, 2.75) is 26.7 Å². The summed E-state index contributed by atoms with van der Waals surface area (Å²) in [5.74, 6) is 2.14. The maximum absolute atomic E-state index is 10.8. The molecule has 0 fully saturated rings. The Morgan fingerprint density at radius 3 is 2.50 bits per heavy atom. The first-order valence-electron chi connectivity index (χ1n) is 3.81. The van der Waals surface area contributed by atoms with E-state index in [1.165, 1.54) is 6.42 Å². The van der Waals surface area contributed by atoms with Gasteiger partial charge in [-0.25, -0.2) is 0 Å².